The van der Waals surface area contributed by atoms with Crippen molar-refractivity contribution in [1.29, 1.82) is 0 Å². The van der Waals surface area contributed by atoms with Crippen LogP contribution >= 0.6 is 0 Å². The summed E-state index contributed by atoms with van der Waals surface area (Å²) in [6.45, 7) is 0.851. The van der Waals surface area contributed by atoms with E-state index in [-0.39, 0.29) is 0 Å². The first-order valence-corrected chi connectivity index (χ1v) is 3.89. The monoisotopic (exact) mass is 170 g/mol. The van der Waals surface area contributed by atoms with Gasteiger partial charge in [0.25, 0.3) is 0 Å². The Balaban J connectivity index is 2.61. The molecule has 0 aliphatic rings. The molecule has 1 aromatic heterocycles. The Morgan fingerprint density at radius 1 is 1.67 bits per heavy atom. The highest BCUT2D eigenvalue weighted by atomic mass is 16.4. The zero-order chi connectivity index (χ0) is 8.97. The van der Waals surface area contributed by atoms with E-state index >= 15 is 0 Å². The number of nitrogens with two attached hydrogens (primary N) is 1. The molecular formula is C8H14N2O2. The molecule has 0 amide bonds. The van der Waals surface area contributed by atoms with E-state index in [1.165, 1.54) is 0 Å². The van der Waals surface area contributed by atoms with Crippen LogP contribution in [0.3, 0.4) is 0 Å². The number of hydrogen-bond acceptors (Lipinski definition) is 4. The fourth-order valence-corrected chi connectivity index (χ4v) is 0.977. The van der Waals surface area contributed by atoms with E-state index in [0.29, 0.717) is 24.6 Å². The predicted octanol–water partition coefficient (Wildman–Crippen LogP) is -0.00890. The summed E-state index contributed by atoms with van der Waals surface area (Å²) in [5.41, 5.74) is 5.35. The van der Waals surface area contributed by atoms with Crippen molar-refractivity contribution in [1.82, 2.24) is 5.32 Å². The van der Waals surface area contributed by atoms with Gasteiger partial charge in [0.1, 0.15) is 17.6 Å². The maximum atomic E-state index is 9.43. The molecule has 1 rings (SSSR count). The number of aliphatic hydroxyl groups excluding tert-OH is 1. The van der Waals surface area contributed by atoms with Gasteiger partial charge in [0.05, 0.1) is 6.54 Å². The average molecular weight is 170 g/mol. The third kappa shape index (κ3) is 2.07. The SMILES string of the molecule is CNCC(O)c1ccc(CN)o1. The number of likely N-dealkylation sites (N-methyl/N-ethyl adjacent to an activating group) is 1. The molecule has 0 aliphatic heterocycles. The molecule has 0 spiro atoms. The van der Waals surface area contributed by atoms with Gasteiger partial charge in [-0.2, -0.15) is 0 Å². The highest BCUT2D eigenvalue weighted by molar-refractivity contribution is 5.09. The molecular weight excluding hydrogens is 156 g/mol. The van der Waals surface area contributed by atoms with Gasteiger partial charge in [0, 0.05) is 6.54 Å². The predicted molar refractivity (Wildman–Crippen MR) is 45.5 cm³/mol. The number of rotatable bonds is 4. The van der Waals surface area contributed by atoms with Crippen molar-refractivity contribution in [2.75, 3.05) is 13.6 Å². The van der Waals surface area contributed by atoms with Gasteiger partial charge in [-0.1, -0.05) is 0 Å². The maximum Gasteiger partial charge on any atom is 0.134 e. The third-order valence-electron chi connectivity index (χ3n) is 1.61. The van der Waals surface area contributed by atoms with Gasteiger partial charge in [-0.3, -0.25) is 0 Å². The van der Waals surface area contributed by atoms with Gasteiger partial charge in [-0.25, -0.2) is 0 Å². The van der Waals surface area contributed by atoms with Crippen LogP contribution in [0, 0.1) is 0 Å². The quantitative estimate of drug-likeness (QED) is 0.594. The lowest BCUT2D eigenvalue weighted by Crippen LogP contribution is -2.16. The van der Waals surface area contributed by atoms with Crippen molar-refractivity contribution in [3.05, 3.63) is 23.7 Å². The van der Waals surface area contributed by atoms with E-state index in [4.69, 9.17) is 10.2 Å². The smallest absolute Gasteiger partial charge is 0.134 e. The molecule has 4 N–H and O–H groups in total. The molecule has 1 heterocycles. The van der Waals surface area contributed by atoms with Crippen molar-refractivity contribution in [2.24, 2.45) is 5.73 Å². The van der Waals surface area contributed by atoms with Crippen LogP contribution < -0.4 is 11.1 Å². The second kappa shape index (κ2) is 4.25. The van der Waals surface area contributed by atoms with E-state index < -0.39 is 6.10 Å². The zero-order valence-electron chi connectivity index (χ0n) is 7.08. The fraction of sp³-hybridized carbons (Fsp3) is 0.500. The second-order valence-corrected chi connectivity index (χ2v) is 2.58. The van der Waals surface area contributed by atoms with Gasteiger partial charge < -0.3 is 20.6 Å². The summed E-state index contributed by atoms with van der Waals surface area (Å²) in [6, 6.07) is 3.51. The van der Waals surface area contributed by atoms with Crippen molar-refractivity contribution >= 4 is 0 Å². The summed E-state index contributed by atoms with van der Waals surface area (Å²) in [4.78, 5) is 0. The number of hydrogen-bond donors (Lipinski definition) is 3. The van der Waals surface area contributed by atoms with E-state index in [2.05, 4.69) is 5.32 Å². The Morgan fingerprint density at radius 3 is 2.92 bits per heavy atom. The zero-order valence-corrected chi connectivity index (χ0v) is 7.08. The molecule has 12 heavy (non-hydrogen) atoms. The summed E-state index contributed by atoms with van der Waals surface area (Å²) in [5.74, 6) is 1.25. The highest BCUT2D eigenvalue weighted by Gasteiger charge is 2.10. The molecule has 1 atom stereocenters. The lowest BCUT2D eigenvalue weighted by atomic mass is 10.3. The van der Waals surface area contributed by atoms with Crippen molar-refractivity contribution in [3.8, 4) is 0 Å². The number of nitrogens with one attached hydrogen (secondary N) is 1. The van der Waals surface area contributed by atoms with E-state index in [1.54, 1.807) is 19.2 Å². The lowest BCUT2D eigenvalue weighted by Gasteiger charge is -2.05. The van der Waals surface area contributed by atoms with Gasteiger partial charge in [0.15, 0.2) is 0 Å². The van der Waals surface area contributed by atoms with Crippen LogP contribution in [-0.4, -0.2) is 18.7 Å². The largest absolute Gasteiger partial charge is 0.462 e. The normalized spacial score (nSPS) is 13.2. The van der Waals surface area contributed by atoms with Gasteiger partial charge in [-0.15, -0.1) is 0 Å². The molecule has 0 fully saturated rings. The molecule has 4 nitrogen and oxygen atoms in total. The van der Waals surface area contributed by atoms with Crippen LogP contribution in [0.25, 0.3) is 0 Å². The summed E-state index contributed by atoms with van der Waals surface area (Å²) < 4.78 is 5.23. The van der Waals surface area contributed by atoms with Gasteiger partial charge in [0.2, 0.25) is 0 Å². The van der Waals surface area contributed by atoms with E-state index in [1.807, 2.05) is 0 Å². The molecule has 68 valence electrons. The molecule has 4 heteroatoms. The van der Waals surface area contributed by atoms with Crippen LogP contribution in [0.5, 0.6) is 0 Å². The minimum atomic E-state index is -0.588. The maximum absolute atomic E-state index is 9.43. The average Bonchev–Trinajstić information content (AvgIpc) is 2.52. The standard InChI is InChI=1S/C8H14N2O2/c1-10-5-7(11)8-3-2-6(4-9)12-8/h2-3,7,10-11H,4-5,9H2,1H3. The van der Waals surface area contributed by atoms with Crippen LogP contribution in [0.2, 0.25) is 0 Å². The van der Waals surface area contributed by atoms with E-state index in [9.17, 15) is 5.11 Å². The Hall–Kier alpha value is -0.840. The topological polar surface area (TPSA) is 71.4 Å². The first-order chi connectivity index (χ1) is 5.77. The summed E-state index contributed by atoms with van der Waals surface area (Å²) in [7, 11) is 1.77. The van der Waals surface area contributed by atoms with E-state index in [0.717, 1.165) is 0 Å². The van der Waals surface area contributed by atoms with Gasteiger partial charge in [-0.05, 0) is 19.2 Å². The highest BCUT2D eigenvalue weighted by Crippen LogP contribution is 2.15. The molecule has 1 aromatic rings. The molecule has 0 saturated heterocycles. The minimum absolute atomic E-state index is 0.367. The molecule has 0 aromatic carbocycles. The second-order valence-electron chi connectivity index (χ2n) is 2.58. The fourth-order valence-electron chi connectivity index (χ4n) is 0.977. The Labute approximate surface area is 71.4 Å². The molecule has 0 aliphatic carbocycles. The Kier molecular flexibility index (Phi) is 3.28. The van der Waals surface area contributed by atoms with Crippen molar-refractivity contribution < 1.29 is 9.52 Å². The lowest BCUT2D eigenvalue weighted by molar-refractivity contribution is 0.148. The van der Waals surface area contributed by atoms with Crippen LogP contribution in [-0.2, 0) is 6.54 Å². The summed E-state index contributed by atoms with van der Waals surface area (Å²) in [6.07, 6.45) is -0.588. The van der Waals surface area contributed by atoms with Gasteiger partial charge >= 0.3 is 0 Å². The number of aliphatic hydroxyl groups is 1. The molecule has 1 unspecified atom stereocenters. The Bertz CT molecular complexity index is 235. The van der Waals surface area contributed by atoms with Crippen LogP contribution in [0.15, 0.2) is 16.5 Å². The molecule has 0 saturated carbocycles. The van der Waals surface area contributed by atoms with Crippen LogP contribution in [0.1, 0.15) is 17.6 Å². The van der Waals surface area contributed by atoms with Crippen molar-refractivity contribution in [2.45, 2.75) is 12.6 Å². The third-order valence-corrected chi connectivity index (χ3v) is 1.61. The molecule has 0 bridgehead atoms. The molecule has 0 radical (unpaired) electrons. The summed E-state index contributed by atoms with van der Waals surface area (Å²) in [5, 5.41) is 12.3. The van der Waals surface area contributed by atoms with Crippen molar-refractivity contribution in [3.63, 3.8) is 0 Å². The number of furan rings is 1. The minimum Gasteiger partial charge on any atom is -0.462 e. The first-order valence-electron chi connectivity index (χ1n) is 3.89. The first kappa shape index (κ1) is 9.25. The Morgan fingerprint density at radius 2 is 2.42 bits per heavy atom. The summed E-state index contributed by atoms with van der Waals surface area (Å²) >= 11 is 0. The van der Waals surface area contributed by atoms with Crippen LogP contribution in [0.4, 0.5) is 0 Å².